The van der Waals surface area contributed by atoms with Gasteiger partial charge in [0.05, 0.1) is 11.5 Å². The maximum absolute atomic E-state index is 11.7. The molecule has 4 nitrogen and oxygen atoms in total. The topological polar surface area (TPSA) is 60.4 Å². The molecule has 1 saturated heterocycles. The number of rotatable bonds is 4. The van der Waals surface area contributed by atoms with E-state index in [4.69, 9.17) is 4.74 Å². The summed E-state index contributed by atoms with van der Waals surface area (Å²) in [5.74, 6) is -0.349. The van der Waals surface area contributed by atoms with Crippen LogP contribution in [0.5, 0.6) is 0 Å². The highest BCUT2D eigenvalue weighted by Gasteiger charge is 2.37. The summed E-state index contributed by atoms with van der Waals surface area (Å²) in [5.41, 5.74) is 1.08. The number of benzene rings is 1. The van der Waals surface area contributed by atoms with Crippen molar-refractivity contribution in [3.05, 3.63) is 35.9 Å². The Balaban J connectivity index is 1.82. The normalized spacial score (nSPS) is 25.1. The lowest BCUT2D eigenvalue weighted by Crippen LogP contribution is -2.24. The average Bonchev–Trinajstić information content (AvgIpc) is 2.61. The van der Waals surface area contributed by atoms with Crippen LogP contribution >= 0.6 is 0 Å². The van der Waals surface area contributed by atoms with Crippen LogP contribution in [0.2, 0.25) is 0 Å². The number of carbonyl (C=O) groups excluding carboxylic acids is 1. The number of hydrogen-bond donors (Lipinski definition) is 0. The molecule has 0 radical (unpaired) electrons. The number of aryl methyl sites for hydroxylation is 1. The zero-order chi connectivity index (χ0) is 13.9. The number of hydrogen-bond acceptors (Lipinski definition) is 4. The molecule has 0 N–H and O–H groups in total. The first-order valence-corrected chi connectivity index (χ1v) is 8.22. The van der Waals surface area contributed by atoms with Crippen molar-refractivity contribution < 1.29 is 17.9 Å². The van der Waals surface area contributed by atoms with E-state index in [2.05, 4.69) is 0 Å². The summed E-state index contributed by atoms with van der Waals surface area (Å²) in [4.78, 5) is 11.7. The molecule has 1 fully saturated rings. The predicted octanol–water partition coefficient (Wildman–Crippen LogP) is 1.60. The quantitative estimate of drug-likeness (QED) is 0.787. The van der Waals surface area contributed by atoms with Gasteiger partial charge in [0.25, 0.3) is 0 Å². The van der Waals surface area contributed by atoms with Crippen LogP contribution in [0.3, 0.4) is 0 Å². The molecule has 0 unspecified atom stereocenters. The number of esters is 1. The number of ether oxygens (including phenoxy) is 1. The van der Waals surface area contributed by atoms with Gasteiger partial charge in [0, 0.05) is 12.3 Å². The van der Waals surface area contributed by atoms with E-state index in [0.717, 1.165) is 5.56 Å². The highest BCUT2D eigenvalue weighted by molar-refractivity contribution is 7.91. The molecular weight excluding hydrogens is 264 g/mol. The van der Waals surface area contributed by atoms with Crippen LogP contribution in [0.15, 0.2) is 30.3 Å². The molecule has 0 aromatic heterocycles. The Labute approximate surface area is 113 Å². The van der Waals surface area contributed by atoms with Gasteiger partial charge in [-0.25, -0.2) is 8.42 Å². The molecule has 1 aromatic carbocycles. The first kappa shape index (κ1) is 14.1. The van der Waals surface area contributed by atoms with Gasteiger partial charge in [-0.2, -0.15) is 0 Å². The van der Waals surface area contributed by atoms with Crippen molar-refractivity contribution in [1.29, 1.82) is 0 Å². The maximum atomic E-state index is 11.7. The largest absolute Gasteiger partial charge is 0.461 e. The molecule has 1 aliphatic rings. The van der Waals surface area contributed by atoms with E-state index in [9.17, 15) is 13.2 Å². The summed E-state index contributed by atoms with van der Waals surface area (Å²) in [7, 11) is -3.03. The van der Waals surface area contributed by atoms with E-state index in [1.165, 1.54) is 0 Å². The SMILES string of the molecule is C[C@H]1CS(=O)(=O)C[C@H]1OC(=O)CCc1ccccc1. The van der Waals surface area contributed by atoms with E-state index < -0.39 is 15.9 Å². The minimum Gasteiger partial charge on any atom is -0.461 e. The van der Waals surface area contributed by atoms with Crippen molar-refractivity contribution >= 4 is 15.8 Å². The van der Waals surface area contributed by atoms with Crippen LogP contribution in [-0.4, -0.2) is 32.0 Å². The lowest BCUT2D eigenvalue weighted by Gasteiger charge is -2.14. The highest BCUT2D eigenvalue weighted by Crippen LogP contribution is 2.22. The smallest absolute Gasteiger partial charge is 0.306 e. The molecule has 0 amide bonds. The third-order valence-corrected chi connectivity index (χ3v) is 5.18. The first-order chi connectivity index (χ1) is 8.96. The average molecular weight is 282 g/mol. The van der Waals surface area contributed by atoms with Crippen molar-refractivity contribution in [1.82, 2.24) is 0 Å². The van der Waals surface area contributed by atoms with Crippen molar-refractivity contribution in [2.24, 2.45) is 5.92 Å². The second kappa shape index (κ2) is 5.74. The van der Waals surface area contributed by atoms with E-state index >= 15 is 0 Å². The van der Waals surface area contributed by atoms with Gasteiger partial charge in [0.1, 0.15) is 6.10 Å². The molecule has 2 atom stereocenters. The molecule has 1 aromatic rings. The van der Waals surface area contributed by atoms with Gasteiger partial charge in [-0.15, -0.1) is 0 Å². The predicted molar refractivity (Wildman–Crippen MR) is 72.5 cm³/mol. The van der Waals surface area contributed by atoms with Crippen LogP contribution in [-0.2, 0) is 25.8 Å². The summed E-state index contributed by atoms with van der Waals surface area (Å²) in [5, 5.41) is 0. The third kappa shape index (κ3) is 4.06. The standard InChI is InChI=1S/C14H18O4S/c1-11-9-19(16,17)10-13(11)18-14(15)8-7-12-5-3-2-4-6-12/h2-6,11,13H,7-10H2,1H3/t11-,13+/m0/s1. The minimum absolute atomic E-state index is 0.0365. The summed E-state index contributed by atoms with van der Waals surface area (Å²) in [6, 6.07) is 9.68. The van der Waals surface area contributed by atoms with Crippen molar-refractivity contribution in [2.45, 2.75) is 25.9 Å². The summed E-state index contributed by atoms with van der Waals surface area (Å²) in [6.45, 7) is 1.81. The fourth-order valence-electron chi connectivity index (χ4n) is 2.26. The van der Waals surface area contributed by atoms with Gasteiger partial charge in [-0.1, -0.05) is 37.3 Å². The Morgan fingerprint density at radius 1 is 1.26 bits per heavy atom. The lowest BCUT2D eigenvalue weighted by molar-refractivity contribution is -0.149. The Morgan fingerprint density at radius 3 is 2.53 bits per heavy atom. The summed E-state index contributed by atoms with van der Waals surface area (Å²) >= 11 is 0. The first-order valence-electron chi connectivity index (χ1n) is 6.40. The monoisotopic (exact) mass is 282 g/mol. The van der Waals surface area contributed by atoms with Crippen LogP contribution in [0, 0.1) is 5.92 Å². The number of sulfone groups is 1. The fourth-order valence-corrected chi connectivity index (χ4v) is 4.31. The minimum atomic E-state index is -3.03. The maximum Gasteiger partial charge on any atom is 0.306 e. The summed E-state index contributed by atoms with van der Waals surface area (Å²) in [6.07, 6.45) is 0.425. The van der Waals surface area contributed by atoms with E-state index in [0.29, 0.717) is 6.42 Å². The Morgan fingerprint density at radius 2 is 1.95 bits per heavy atom. The Kier molecular flexibility index (Phi) is 4.24. The van der Waals surface area contributed by atoms with Gasteiger partial charge in [0.2, 0.25) is 0 Å². The Bertz CT molecular complexity index is 536. The van der Waals surface area contributed by atoms with Crippen molar-refractivity contribution in [3.63, 3.8) is 0 Å². The highest BCUT2D eigenvalue weighted by atomic mass is 32.2. The molecule has 0 bridgehead atoms. The number of carbonyl (C=O) groups is 1. The van der Waals surface area contributed by atoms with Crippen LogP contribution in [0.4, 0.5) is 0 Å². The van der Waals surface area contributed by atoms with Gasteiger partial charge in [0.15, 0.2) is 9.84 Å². The lowest BCUT2D eigenvalue weighted by atomic mass is 10.1. The van der Waals surface area contributed by atoms with E-state index in [-0.39, 0.29) is 29.8 Å². The van der Waals surface area contributed by atoms with Crippen LogP contribution < -0.4 is 0 Å². The van der Waals surface area contributed by atoms with Gasteiger partial charge in [-0.05, 0) is 12.0 Å². The van der Waals surface area contributed by atoms with Crippen LogP contribution in [0.1, 0.15) is 18.9 Å². The van der Waals surface area contributed by atoms with Crippen molar-refractivity contribution in [3.8, 4) is 0 Å². The molecule has 5 heteroatoms. The van der Waals surface area contributed by atoms with Crippen molar-refractivity contribution in [2.75, 3.05) is 11.5 Å². The molecular formula is C14H18O4S. The Hall–Kier alpha value is -1.36. The second-order valence-corrected chi connectivity index (χ2v) is 7.22. The molecule has 104 valence electrons. The zero-order valence-corrected chi connectivity index (χ0v) is 11.7. The molecule has 0 aliphatic carbocycles. The third-order valence-electron chi connectivity index (χ3n) is 3.31. The fraction of sp³-hybridized carbons (Fsp3) is 0.500. The van der Waals surface area contributed by atoms with E-state index in [1.807, 2.05) is 30.3 Å². The zero-order valence-electron chi connectivity index (χ0n) is 10.9. The van der Waals surface area contributed by atoms with Gasteiger partial charge >= 0.3 is 5.97 Å². The molecule has 19 heavy (non-hydrogen) atoms. The van der Waals surface area contributed by atoms with E-state index in [1.54, 1.807) is 6.92 Å². The molecule has 0 saturated carbocycles. The molecule has 0 spiro atoms. The van der Waals surface area contributed by atoms with Crippen LogP contribution in [0.25, 0.3) is 0 Å². The van der Waals surface area contributed by atoms with Gasteiger partial charge in [-0.3, -0.25) is 4.79 Å². The second-order valence-electron chi connectivity index (χ2n) is 5.07. The summed E-state index contributed by atoms with van der Waals surface area (Å²) < 4.78 is 28.1. The molecule has 2 rings (SSSR count). The van der Waals surface area contributed by atoms with Gasteiger partial charge < -0.3 is 4.74 Å². The molecule has 1 heterocycles. The molecule has 1 aliphatic heterocycles.